The molecule has 0 bridgehead atoms. The summed E-state index contributed by atoms with van der Waals surface area (Å²) in [5.41, 5.74) is 1.78. The first-order valence-corrected chi connectivity index (χ1v) is 16.5. The third-order valence-electron chi connectivity index (χ3n) is 8.03. The Kier molecular flexibility index (Phi) is 14.0. The summed E-state index contributed by atoms with van der Waals surface area (Å²) < 4.78 is 5.57. The molecule has 0 saturated heterocycles. The van der Waals surface area contributed by atoms with Crippen LogP contribution in [0.5, 0.6) is 0 Å². The number of carbonyl (C=O) groups excluding carboxylic acids is 3. The average Bonchev–Trinajstić information content (AvgIpc) is 3.00. The van der Waals surface area contributed by atoms with Crippen molar-refractivity contribution in [3.63, 3.8) is 0 Å². The highest BCUT2D eigenvalue weighted by molar-refractivity contribution is 5.92. The van der Waals surface area contributed by atoms with Gasteiger partial charge in [0.1, 0.15) is 17.7 Å². The van der Waals surface area contributed by atoms with Crippen LogP contribution in [-0.2, 0) is 20.7 Å². The molecule has 1 saturated carbocycles. The van der Waals surface area contributed by atoms with E-state index in [0.29, 0.717) is 6.54 Å². The monoisotopic (exact) mass is 603 g/mol. The number of ether oxygens (including phenoxy) is 1. The largest absolute Gasteiger partial charge is 0.444 e. The lowest BCUT2D eigenvalue weighted by atomic mass is 9.94. The van der Waals surface area contributed by atoms with Gasteiger partial charge < -0.3 is 20.3 Å². The average molecular weight is 604 g/mol. The number of rotatable bonds is 15. The number of nitrogens with one attached hydrogen (secondary N) is 2. The van der Waals surface area contributed by atoms with E-state index >= 15 is 0 Å². The van der Waals surface area contributed by atoms with Crippen molar-refractivity contribution in [3.8, 4) is 0 Å². The SMILES string of the molecule is C=Cc1cccc(C(C(=O)NC2CCCCC2)N(CCCCCCC)C(=O)C(Cc2ccccc2)NC(=O)OC(C)(C)C)c1. The molecule has 44 heavy (non-hydrogen) atoms. The van der Waals surface area contributed by atoms with Crippen LogP contribution in [-0.4, -0.2) is 47.0 Å². The molecule has 2 aromatic carbocycles. The number of unbranched alkanes of at least 4 members (excludes halogenated alkanes) is 4. The van der Waals surface area contributed by atoms with E-state index in [-0.39, 0.29) is 24.3 Å². The van der Waals surface area contributed by atoms with Gasteiger partial charge in [-0.3, -0.25) is 9.59 Å². The van der Waals surface area contributed by atoms with Crippen LogP contribution >= 0.6 is 0 Å². The van der Waals surface area contributed by atoms with Crippen LogP contribution in [0.2, 0.25) is 0 Å². The van der Waals surface area contributed by atoms with E-state index in [0.717, 1.165) is 74.5 Å². The summed E-state index contributed by atoms with van der Waals surface area (Å²) in [6.45, 7) is 11.9. The van der Waals surface area contributed by atoms with Gasteiger partial charge in [0, 0.05) is 19.0 Å². The van der Waals surface area contributed by atoms with Crippen molar-refractivity contribution in [2.75, 3.05) is 6.54 Å². The second kappa shape index (κ2) is 17.6. The molecule has 0 spiro atoms. The molecule has 0 radical (unpaired) electrons. The molecule has 1 aliphatic carbocycles. The van der Waals surface area contributed by atoms with Gasteiger partial charge in [0.15, 0.2) is 0 Å². The van der Waals surface area contributed by atoms with Crippen LogP contribution in [0, 0.1) is 0 Å². The lowest BCUT2D eigenvalue weighted by Gasteiger charge is -2.36. The van der Waals surface area contributed by atoms with Crippen molar-refractivity contribution in [2.45, 2.75) is 122 Å². The van der Waals surface area contributed by atoms with Crippen molar-refractivity contribution in [2.24, 2.45) is 0 Å². The minimum absolute atomic E-state index is 0.0860. The Labute approximate surface area is 264 Å². The Morgan fingerprint density at radius 3 is 2.34 bits per heavy atom. The highest BCUT2D eigenvalue weighted by Crippen LogP contribution is 2.27. The Morgan fingerprint density at radius 2 is 1.68 bits per heavy atom. The van der Waals surface area contributed by atoms with Gasteiger partial charge in [-0.2, -0.15) is 0 Å². The number of benzene rings is 2. The molecule has 2 N–H and O–H groups in total. The predicted octanol–water partition coefficient (Wildman–Crippen LogP) is 7.75. The quantitative estimate of drug-likeness (QED) is 0.204. The van der Waals surface area contributed by atoms with Crippen LogP contribution in [0.25, 0.3) is 6.08 Å². The zero-order valence-electron chi connectivity index (χ0n) is 27.3. The van der Waals surface area contributed by atoms with Gasteiger partial charge in [0.25, 0.3) is 0 Å². The van der Waals surface area contributed by atoms with Crippen LogP contribution in [0.15, 0.2) is 61.2 Å². The summed E-state index contributed by atoms with van der Waals surface area (Å²) in [4.78, 5) is 43.7. The van der Waals surface area contributed by atoms with Crippen LogP contribution in [0.1, 0.15) is 115 Å². The standard InChI is InChI=1S/C37H53N3O4/c1-6-8-9-10-17-25-40(35(42)32(27-29-19-13-11-14-20-29)39-36(43)44-37(3,4)5)33(30-22-18-21-28(7-2)26-30)34(41)38-31-23-15-12-16-24-31/h7,11,13-14,18-22,26,31-33H,2,6,8-10,12,15-17,23-25,27H2,1,3-5H3,(H,38,41)(H,39,43). The van der Waals surface area contributed by atoms with E-state index in [1.54, 1.807) is 31.7 Å². The predicted molar refractivity (Wildman–Crippen MR) is 178 cm³/mol. The molecule has 0 aromatic heterocycles. The van der Waals surface area contributed by atoms with E-state index in [2.05, 4.69) is 24.1 Å². The fourth-order valence-corrected chi connectivity index (χ4v) is 5.81. The first-order chi connectivity index (χ1) is 21.1. The molecule has 0 heterocycles. The Morgan fingerprint density at radius 1 is 0.977 bits per heavy atom. The lowest BCUT2D eigenvalue weighted by Crippen LogP contribution is -2.54. The number of hydrogen-bond donors (Lipinski definition) is 2. The summed E-state index contributed by atoms with van der Waals surface area (Å²) in [5.74, 6) is -0.487. The fourth-order valence-electron chi connectivity index (χ4n) is 5.81. The molecule has 2 unspecified atom stereocenters. The van der Waals surface area contributed by atoms with Crippen molar-refractivity contribution in [1.29, 1.82) is 0 Å². The molecule has 0 aliphatic heterocycles. The van der Waals surface area contributed by atoms with E-state index < -0.39 is 23.8 Å². The highest BCUT2D eigenvalue weighted by Gasteiger charge is 2.37. The van der Waals surface area contributed by atoms with Gasteiger partial charge in [0.2, 0.25) is 11.8 Å². The summed E-state index contributed by atoms with van der Waals surface area (Å²) in [6.07, 6.45) is 11.6. The molecule has 1 aliphatic rings. The maximum Gasteiger partial charge on any atom is 0.408 e. The molecule has 3 rings (SSSR count). The van der Waals surface area contributed by atoms with Crippen molar-refractivity contribution >= 4 is 24.0 Å². The van der Waals surface area contributed by atoms with E-state index in [9.17, 15) is 14.4 Å². The molecule has 7 heteroatoms. The number of carbonyl (C=O) groups is 3. The molecular formula is C37H53N3O4. The van der Waals surface area contributed by atoms with Gasteiger partial charge in [-0.25, -0.2) is 4.79 Å². The van der Waals surface area contributed by atoms with E-state index in [1.165, 1.54) is 6.42 Å². The van der Waals surface area contributed by atoms with Crippen LogP contribution in [0.4, 0.5) is 4.79 Å². The molecule has 7 nitrogen and oxygen atoms in total. The number of alkyl carbamates (subject to hydrolysis) is 1. The Bertz CT molecular complexity index is 1200. The maximum absolute atomic E-state index is 14.7. The van der Waals surface area contributed by atoms with E-state index in [1.807, 2.05) is 54.6 Å². The summed E-state index contributed by atoms with van der Waals surface area (Å²) in [7, 11) is 0. The zero-order chi connectivity index (χ0) is 32.0. The highest BCUT2D eigenvalue weighted by atomic mass is 16.6. The normalized spacial score (nSPS) is 15.1. The fraction of sp³-hybridized carbons (Fsp3) is 0.541. The van der Waals surface area contributed by atoms with Crippen LogP contribution in [0.3, 0.4) is 0 Å². The van der Waals surface area contributed by atoms with Crippen molar-refractivity contribution < 1.29 is 19.1 Å². The summed E-state index contributed by atoms with van der Waals surface area (Å²) in [6, 6.07) is 15.6. The lowest BCUT2D eigenvalue weighted by molar-refractivity contribution is -0.143. The Balaban J connectivity index is 2.03. The summed E-state index contributed by atoms with van der Waals surface area (Å²) >= 11 is 0. The second-order valence-corrected chi connectivity index (χ2v) is 13.0. The minimum atomic E-state index is -0.921. The number of amides is 3. The molecule has 240 valence electrons. The smallest absolute Gasteiger partial charge is 0.408 e. The molecule has 2 aromatic rings. The topological polar surface area (TPSA) is 87.7 Å². The molecular weight excluding hydrogens is 550 g/mol. The Hall–Kier alpha value is -3.61. The number of nitrogens with zero attached hydrogens (tertiary/aromatic N) is 1. The van der Waals surface area contributed by atoms with Crippen molar-refractivity contribution in [3.05, 3.63) is 77.9 Å². The van der Waals surface area contributed by atoms with Crippen molar-refractivity contribution in [1.82, 2.24) is 15.5 Å². The third kappa shape index (κ3) is 11.5. The first kappa shape index (κ1) is 34.9. The maximum atomic E-state index is 14.7. The number of hydrogen-bond acceptors (Lipinski definition) is 4. The molecule has 1 fully saturated rings. The second-order valence-electron chi connectivity index (χ2n) is 13.0. The van der Waals surface area contributed by atoms with Crippen LogP contribution < -0.4 is 10.6 Å². The van der Waals surface area contributed by atoms with Gasteiger partial charge >= 0.3 is 6.09 Å². The minimum Gasteiger partial charge on any atom is -0.444 e. The van der Waals surface area contributed by atoms with Gasteiger partial charge in [-0.05, 0) is 62.8 Å². The van der Waals surface area contributed by atoms with Gasteiger partial charge in [-0.15, -0.1) is 0 Å². The zero-order valence-corrected chi connectivity index (χ0v) is 27.3. The summed E-state index contributed by atoms with van der Waals surface area (Å²) in [5, 5.41) is 6.15. The van der Waals surface area contributed by atoms with Gasteiger partial charge in [-0.1, -0.05) is 113 Å². The third-order valence-corrected chi connectivity index (χ3v) is 8.03. The van der Waals surface area contributed by atoms with E-state index in [4.69, 9.17) is 4.74 Å². The first-order valence-electron chi connectivity index (χ1n) is 16.5. The molecule has 3 amide bonds. The molecule has 2 atom stereocenters. The van der Waals surface area contributed by atoms with Gasteiger partial charge in [0.05, 0.1) is 0 Å².